The molecule has 0 aliphatic carbocycles. The Hall–Kier alpha value is -1.04. The Kier molecular flexibility index (Phi) is 5.69. The SMILES string of the molecule is O=C(O)c1cccc(CSCCN2CCOCC2)c1. The van der Waals surface area contributed by atoms with Gasteiger partial charge < -0.3 is 9.84 Å². The van der Waals surface area contributed by atoms with E-state index in [9.17, 15) is 4.79 Å². The molecule has 0 aromatic heterocycles. The van der Waals surface area contributed by atoms with E-state index >= 15 is 0 Å². The first kappa shape index (κ1) is 14.4. The minimum Gasteiger partial charge on any atom is -0.478 e. The molecule has 1 aliphatic rings. The van der Waals surface area contributed by atoms with Gasteiger partial charge in [-0.15, -0.1) is 0 Å². The Bertz CT molecular complexity index is 419. The van der Waals surface area contributed by atoms with Crippen LogP contribution in [0.15, 0.2) is 24.3 Å². The Morgan fingerprint density at radius 1 is 1.37 bits per heavy atom. The van der Waals surface area contributed by atoms with Crippen molar-refractivity contribution in [2.24, 2.45) is 0 Å². The minimum atomic E-state index is -0.861. The third-order valence-electron chi connectivity index (χ3n) is 3.10. The molecule has 1 N–H and O–H groups in total. The summed E-state index contributed by atoms with van der Waals surface area (Å²) in [6.45, 7) is 4.80. The predicted molar refractivity (Wildman–Crippen MR) is 76.8 cm³/mol. The average Bonchev–Trinajstić information content (AvgIpc) is 2.45. The molecule has 0 radical (unpaired) electrons. The summed E-state index contributed by atoms with van der Waals surface area (Å²) < 4.78 is 5.31. The number of hydrogen-bond acceptors (Lipinski definition) is 4. The van der Waals surface area contributed by atoms with E-state index in [-0.39, 0.29) is 0 Å². The summed E-state index contributed by atoms with van der Waals surface area (Å²) in [5.74, 6) is 1.07. The predicted octanol–water partition coefficient (Wildman–Crippen LogP) is 1.95. The number of thioether (sulfide) groups is 1. The maximum Gasteiger partial charge on any atom is 0.335 e. The fourth-order valence-corrected chi connectivity index (χ4v) is 2.95. The summed E-state index contributed by atoms with van der Waals surface area (Å²) in [4.78, 5) is 13.3. The summed E-state index contributed by atoms with van der Waals surface area (Å²) in [5.41, 5.74) is 1.44. The maximum atomic E-state index is 10.9. The number of rotatable bonds is 6. The second-order valence-corrected chi connectivity index (χ2v) is 5.62. The average molecular weight is 281 g/mol. The normalized spacial score (nSPS) is 16.4. The van der Waals surface area contributed by atoms with E-state index in [1.165, 1.54) is 0 Å². The fourth-order valence-electron chi connectivity index (χ4n) is 2.00. The Morgan fingerprint density at radius 3 is 2.89 bits per heavy atom. The molecule has 1 heterocycles. The summed E-state index contributed by atoms with van der Waals surface area (Å²) in [6, 6.07) is 7.17. The highest BCUT2D eigenvalue weighted by Gasteiger charge is 2.09. The molecule has 104 valence electrons. The molecule has 0 bridgehead atoms. The molecule has 5 heteroatoms. The van der Waals surface area contributed by atoms with Crippen LogP contribution in [0.2, 0.25) is 0 Å². The van der Waals surface area contributed by atoms with Gasteiger partial charge in [-0.2, -0.15) is 11.8 Å². The molecular formula is C14H19NO3S. The Balaban J connectivity index is 1.70. The molecular weight excluding hydrogens is 262 g/mol. The van der Waals surface area contributed by atoms with Crippen LogP contribution < -0.4 is 0 Å². The van der Waals surface area contributed by atoms with Crippen LogP contribution in [0, 0.1) is 0 Å². The van der Waals surface area contributed by atoms with Crippen LogP contribution >= 0.6 is 11.8 Å². The van der Waals surface area contributed by atoms with E-state index < -0.39 is 5.97 Å². The summed E-state index contributed by atoms with van der Waals surface area (Å²) in [6.07, 6.45) is 0. The summed E-state index contributed by atoms with van der Waals surface area (Å²) in [7, 11) is 0. The van der Waals surface area contributed by atoms with Gasteiger partial charge in [0.05, 0.1) is 18.8 Å². The van der Waals surface area contributed by atoms with Crippen molar-refractivity contribution in [1.29, 1.82) is 0 Å². The van der Waals surface area contributed by atoms with Crippen molar-refractivity contribution in [3.05, 3.63) is 35.4 Å². The first-order valence-electron chi connectivity index (χ1n) is 6.46. The van der Waals surface area contributed by atoms with Gasteiger partial charge in [-0.3, -0.25) is 4.90 Å². The zero-order valence-corrected chi connectivity index (χ0v) is 11.7. The molecule has 1 aromatic carbocycles. The van der Waals surface area contributed by atoms with Crippen LogP contribution in [0.4, 0.5) is 0 Å². The standard InChI is InChI=1S/C14H19NO3S/c16-14(17)13-3-1-2-12(10-13)11-19-9-6-15-4-7-18-8-5-15/h1-3,10H,4-9,11H2,(H,16,17). The van der Waals surface area contributed by atoms with Crippen LogP contribution in [-0.2, 0) is 10.5 Å². The fraction of sp³-hybridized carbons (Fsp3) is 0.500. The molecule has 19 heavy (non-hydrogen) atoms. The highest BCUT2D eigenvalue weighted by atomic mass is 32.2. The van der Waals surface area contributed by atoms with Gasteiger partial charge in [0.2, 0.25) is 0 Å². The third kappa shape index (κ3) is 4.86. The van der Waals surface area contributed by atoms with Crippen LogP contribution in [0.5, 0.6) is 0 Å². The number of hydrogen-bond donors (Lipinski definition) is 1. The lowest BCUT2D eigenvalue weighted by Gasteiger charge is -2.26. The molecule has 0 spiro atoms. The molecule has 0 atom stereocenters. The first-order chi connectivity index (χ1) is 9.25. The van der Waals surface area contributed by atoms with E-state index in [2.05, 4.69) is 4.90 Å². The van der Waals surface area contributed by atoms with Gasteiger partial charge in [-0.1, -0.05) is 12.1 Å². The van der Waals surface area contributed by atoms with E-state index in [1.807, 2.05) is 17.8 Å². The zero-order chi connectivity index (χ0) is 13.5. The van der Waals surface area contributed by atoms with E-state index in [0.29, 0.717) is 5.56 Å². The van der Waals surface area contributed by atoms with Crippen molar-refractivity contribution in [2.75, 3.05) is 38.6 Å². The van der Waals surface area contributed by atoms with Crippen molar-refractivity contribution in [2.45, 2.75) is 5.75 Å². The van der Waals surface area contributed by atoms with Crippen LogP contribution in [0.1, 0.15) is 15.9 Å². The quantitative estimate of drug-likeness (QED) is 0.808. The number of carbonyl (C=O) groups is 1. The van der Waals surface area contributed by atoms with Gasteiger partial charge in [0, 0.05) is 31.1 Å². The second kappa shape index (κ2) is 7.53. The van der Waals surface area contributed by atoms with E-state index in [0.717, 1.165) is 49.9 Å². The third-order valence-corrected chi connectivity index (χ3v) is 4.11. The van der Waals surface area contributed by atoms with Gasteiger partial charge in [0.25, 0.3) is 0 Å². The van der Waals surface area contributed by atoms with Crippen molar-refractivity contribution in [3.63, 3.8) is 0 Å². The van der Waals surface area contributed by atoms with E-state index in [4.69, 9.17) is 9.84 Å². The number of morpholine rings is 1. The largest absolute Gasteiger partial charge is 0.478 e. The lowest BCUT2D eigenvalue weighted by molar-refractivity contribution is 0.0410. The summed E-state index contributed by atoms with van der Waals surface area (Å²) >= 11 is 1.85. The molecule has 2 rings (SSSR count). The lowest BCUT2D eigenvalue weighted by atomic mass is 10.1. The van der Waals surface area contributed by atoms with Gasteiger partial charge in [0.1, 0.15) is 0 Å². The molecule has 1 aliphatic heterocycles. The van der Waals surface area contributed by atoms with Gasteiger partial charge in [-0.25, -0.2) is 4.79 Å². The molecule has 4 nitrogen and oxygen atoms in total. The van der Waals surface area contributed by atoms with Crippen LogP contribution in [0.25, 0.3) is 0 Å². The minimum absolute atomic E-state index is 0.367. The highest BCUT2D eigenvalue weighted by Crippen LogP contribution is 2.14. The first-order valence-corrected chi connectivity index (χ1v) is 7.61. The van der Waals surface area contributed by atoms with Gasteiger partial charge >= 0.3 is 5.97 Å². The van der Waals surface area contributed by atoms with Crippen molar-refractivity contribution in [1.82, 2.24) is 4.90 Å². The van der Waals surface area contributed by atoms with Crippen molar-refractivity contribution < 1.29 is 14.6 Å². The zero-order valence-electron chi connectivity index (χ0n) is 10.9. The molecule has 1 fully saturated rings. The van der Waals surface area contributed by atoms with Gasteiger partial charge in [-0.05, 0) is 17.7 Å². The number of benzene rings is 1. The topological polar surface area (TPSA) is 49.8 Å². The van der Waals surface area contributed by atoms with Crippen LogP contribution in [-0.4, -0.2) is 54.6 Å². The molecule has 1 aromatic rings. The lowest BCUT2D eigenvalue weighted by Crippen LogP contribution is -2.37. The Labute approximate surface area is 117 Å². The number of nitrogens with zero attached hydrogens (tertiary/aromatic N) is 1. The monoisotopic (exact) mass is 281 g/mol. The molecule has 0 saturated carbocycles. The number of ether oxygens (including phenoxy) is 1. The Morgan fingerprint density at radius 2 is 2.16 bits per heavy atom. The number of carboxylic acids is 1. The smallest absolute Gasteiger partial charge is 0.335 e. The highest BCUT2D eigenvalue weighted by molar-refractivity contribution is 7.98. The van der Waals surface area contributed by atoms with Crippen molar-refractivity contribution >= 4 is 17.7 Å². The second-order valence-electron chi connectivity index (χ2n) is 4.51. The summed E-state index contributed by atoms with van der Waals surface area (Å²) in [5, 5.41) is 8.93. The van der Waals surface area contributed by atoms with Crippen LogP contribution in [0.3, 0.4) is 0 Å². The van der Waals surface area contributed by atoms with Gasteiger partial charge in [0.15, 0.2) is 0 Å². The molecule has 0 unspecified atom stereocenters. The molecule has 1 saturated heterocycles. The number of aromatic carboxylic acids is 1. The van der Waals surface area contributed by atoms with Crippen molar-refractivity contribution in [3.8, 4) is 0 Å². The maximum absolute atomic E-state index is 10.9. The molecule has 0 amide bonds. The number of carboxylic acid groups (broad SMARTS) is 1. The van der Waals surface area contributed by atoms with E-state index in [1.54, 1.807) is 18.2 Å².